The molecule has 0 saturated heterocycles. The van der Waals surface area contributed by atoms with Gasteiger partial charge in [-0.3, -0.25) is 9.59 Å². The summed E-state index contributed by atoms with van der Waals surface area (Å²) in [6.45, 7) is 21.8. The van der Waals surface area contributed by atoms with E-state index < -0.39 is 11.9 Å². The average Bonchev–Trinajstić information content (AvgIpc) is 3.16. The van der Waals surface area contributed by atoms with Crippen LogP contribution < -0.4 is 18.9 Å². The zero-order valence-corrected chi connectivity index (χ0v) is 36.7. The Hall–Kier alpha value is -4.26. The van der Waals surface area contributed by atoms with Gasteiger partial charge in [-0.05, 0) is 121 Å². The third kappa shape index (κ3) is 16.1. The van der Waals surface area contributed by atoms with Crippen molar-refractivity contribution in [1.82, 2.24) is 0 Å². The molecule has 7 nitrogen and oxygen atoms in total. The molecule has 0 bridgehead atoms. The Morgan fingerprint density at radius 1 is 0.625 bits per heavy atom. The fraction of sp³-hybridized carbons (Fsp3) is 0.551. The van der Waals surface area contributed by atoms with E-state index in [1.165, 1.54) is 31.2 Å². The average molecular weight is 775 g/mol. The van der Waals surface area contributed by atoms with Gasteiger partial charge in [0, 0.05) is 28.9 Å². The van der Waals surface area contributed by atoms with E-state index in [4.69, 9.17) is 18.9 Å². The second-order valence-corrected chi connectivity index (χ2v) is 15.0. The summed E-state index contributed by atoms with van der Waals surface area (Å²) < 4.78 is 22.9. The normalized spacial score (nSPS) is 13.3. The SMILES string of the molecule is C=C(C)CC[C@@H](C(=O)O)[C@@H](/C=C/C)c1c(OC)cc(CCCCC)cc1OC.C=C(C)CC[C@@H](C(C)=O)[C@@H](/C=C/C)c1c(OC)cc(CCCCC)cc1OC. The van der Waals surface area contributed by atoms with Crippen molar-refractivity contribution in [1.29, 1.82) is 0 Å². The number of unbranched alkanes of at least 4 members (excludes halogenated alkanes) is 4. The van der Waals surface area contributed by atoms with E-state index in [2.05, 4.69) is 45.2 Å². The number of carbonyl (C=O) groups is 2. The summed E-state index contributed by atoms with van der Waals surface area (Å²) in [6.07, 6.45) is 19.7. The van der Waals surface area contributed by atoms with Gasteiger partial charge in [0.05, 0.1) is 34.4 Å². The number of rotatable bonds is 26. The van der Waals surface area contributed by atoms with E-state index in [1.807, 2.05) is 58.1 Å². The molecular weight excluding hydrogens is 701 g/mol. The molecule has 2 aromatic rings. The number of hydrogen-bond donors (Lipinski definition) is 1. The fourth-order valence-electron chi connectivity index (χ4n) is 7.26. The van der Waals surface area contributed by atoms with E-state index in [9.17, 15) is 14.7 Å². The summed E-state index contributed by atoms with van der Waals surface area (Å²) in [5.41, 5.74) is 6.21. The van der Waals surface area contributed by atoms with Crippen LogP contribution in [0.4, 0.5) is 0 Å². The van der Waals surface area contributed by atoms with E-state index >= 15 is 0 Å². The summed E-state index contributed by atoms with van der Waals surface area (Å²) in [5, 5.41) is 9.92. The number of allylic oxidation sites excluding steroid dienone is 6. The molecule has 0 aliphatic heterocycles. The highest BCUT2D eigenvalue weighted by atomic mass is 16.5. The van der Waals surface area contributed by atoms with Crippen molar-refractivity contribution in [3.05, 3.63) is 95.1 Å². The minimum Gasteiger partial charge on any atom is -0.496 e. The quantitative estimate of drug-likeness (QED) is 0.0751. The van der Waals surface area contributed by atoms with Crippen LogP contribution in [0.25, 0.3) is 0 Å². The smallest absolute Gasteiger partial charge is 0.307 e. The summed E-state index contributed by atoms with van der Waals surface area (Å²) in [6, 6.07) is 8.28. The lowest BCUT2D eigenvalue weighted by Crippen LogP contribution is -2.22. The molecule has 0 heterocycles. The summed E-state index contributed by atoms with van der Waals surface area (Å²) in [5.74, 6) is 1.20. The number of benzene rings is 2. The minimum atomic E-state index is -0.819. The highest BCUT2D eigenvalue weighted by Gasteiger charge is 2.33. The van der Waals surface area contributed by atoms with Crippen molar-refractivity contribution in [2.45, 2.75) is 137 Å². The van der Waals surface area contributed by atoms with Gasteiger partial charge in [-0.15, -0.1) is 13.2 Å². The Labute approximate surface area is 340 Å². The molecule has 0 aromatic heterocycles. The number of aliphatic carboxylic acids is 1. The van der Waals surface area contributed by atoms with Crippen LogP contribution >= 0.6 is 0 Å². The molecule has 4 atom stereocenters. The molecule has 0 spiro atoms. The minimum absolute atomic E-state index is 0.0866. The molecule has 0 aliphatic carbocycles. The van der Waals surface area contributed by atoms with Gasteiger partial charge in [0.25, 0.3) is 0 Å². The number of hydrogen-bond acceptors (Lipinski definition) is 6. The zero-order chi connectivity index (χ0) is 42.2. The molecule has 2 aromatic carbocycles. The van der Waals surface area contributed by atoms with Crippen molar-refractivity contribution in [3.63, 3.8) is 0 Å². The lowest BCUT2D eigenvalue weighted by atomic mass is 9.79. The molecular formula is C49H74O7. The topological polar surface area (TPSA) is 91.3 Å². The molecule has 1 N–H and O–H groups in total. The van der Waals surface area contributed by atoms with Crippen molar-refractivity contribution in [3.8, 4) is 23.0 Å². The van der Waals surface area contributed by atoms with Crippen molar-refractivity contribution in [2.75, 3.05) is 28.4 Å². The fourth-order valence-corrected chi connectivity index (χ4v) is 7.26. The molecule has 56 heavy (non-hydrogen) atoms. The van der Waals surface area contributed by atoms with E-state index in [-0.39, 0.29) is 23.5 Å². The largest absolute Gasteiger partial charge is 0.496 e. The molecule has 312 valence electrons. The van der Waals surface area contributed by atoms with Crippen LogP contribution in [-0.2, 0) is 22.4 Å². The Morgan fingerprint density at radius 2 is 0.964 bits per heavy atom. The number of aryl methyl sites for hydroxylation is 2. The number of ketones is 1. The van der Waals surface area contributed by atoms with Crippen LogP contribution in [0.1, 0.15) is 147 Å². The first-order valence-electron chi connectivity index (χ1n) is 20.6. The Balaban J connectivity index is 0.000000560. The molecule has 0 saturated carbocycles. The highest BCUT2D eigenvalue weighted by Crippen LogP contribution is 2.44. The van der Waals surface area contributed by atoms with Gasteiger partial charge >= 0.3 is 5.97 Å². The molecule has 0 amide bonds. The van der Waals surface area contributed by atoms with Gasteiger partial charge in [0.1, 0.15) is 28.8 Å². The summed E-state index contributed by atoms with van der Waals surface area (Å²) >= 11 is 0. The van der Waals surface area contributed by atoms with Crippen molar-refractivity contribution < 1.29 is 33.6 Å². The predicted octanol–water partition coefficient (Wildman–Crippen LogP) is 12.8. The molecule has 2 rings (SSSR count). The number of carboxylic acid groups (broad SMARTS) is 1. The van der Waals surface area contributed by atoms with Crippen LogP contribution in [0, 0.1) is 11.8 Å². The first-order chi connectivity index (χ1) is 26.8. The van der Waals surface area contributed by atoms with Crippen LogP contribution in [-0.4, -0.2) is 45.3 Å². The predicted molar refractivity (Wildman–Crippen MR) is 234 cm³/mol. The number of carboxylic acids is 1. The van der Waals surface area contributed by atoms with Gasteiger partial charge in [-0.1, -0.05) is 75.0 Å². The van der Waals surface area contributed by atoms with Crippen molar-refractivity contribution in [2.24, 2.45) is 11.8 Å². The first kappa shape index (κ1) is 49.8. The van der Waals surface area contributed by atoms with Gasteiger partial charge in [0.15, 0.2) is 0 Å². The molecule has 7 heteroatoms. The van der Waals surface area contributed by atoms with Crippen LogP contribution in [0.5, 0.6) is 23.0 Å². The van der Waals surface area contributed by atoms with Crippen molar-refractivity contribution >= 4 is 11.8 Å². The molecule has 0 aliphatic rings. The number of carbonyl (C=O) groups excluding carboxylic acids is 1. The maximum Gasteiger partial charge on any atom is 0.307 e. The van der Waals surface area contributed by atoms with E-state index in [1.54, 1.807) is 35.4 Å². The summed E-state index contributed by atoms with van der Waals surface area (Å²) in [4.78, 5) is 24.6. The Kier molecular flexibility index (Phi) is 24.3. The van der Waals surface area contributed by atoms with Crippen LogP contribution in [0.3, 0.4) is 0 Å². The second-order valence-electron chi connectivity index (χ2n) is 15.0. The van der Waals surface area contributed by atoms with Gasteiger partial charge < -0.3 is 24.1 Å². The highest BCUT2D eigenvalue weighted by molar-refractivity contribution is 5.80. The third-order valence-electron chi connectivity index (χ3n) is 10.3. The second kappa shape index (κ2) is 27.4. The maximum absolute atomic E-state index is 12.5. The number of ether oxygens (including phenoxy) is 4. The molecule has 0 radical (unpaired) electrons. The Morgan fingerprint density at radius 3 is 1.23 bits per heavy atom. The lowest BCUT2D eigenvalue weighted by molar-refractivity contribution is -0.142. The van der Waals surface area contributed by atoms with Gasteiger partial charge in [-0.25, -0.2) is 0 Å². The van der Waals surface area contributed by atoms with Gasteiger partial charge in [0.2, 0.25) is 0 Å². The van der Waals surface area contributed by atoms with Crippen LogP contribution in [0.2, 0.25) is 0 Å². The summed E-state index contributed by atoms with van der Waals surface area (Å²) in [7, 11) is 6.64. The maximum atomic E-state index is 12.5. The number of methoxy groups -OCH3 is 4. The van der Waals surface area contributed by atoms with E-state index in [0.717, 1.165) is 77.9 Å². The van der Waals surface area contributed by atoms with Gasteiger partial charge in [-0.2, -0.15) is 0 Å². The molecule has 0 unspecified atom stereocenters. The number of Topliss-reactive ketones (excluding diaryl/α,β-unsaturated/α-hetero) is 1. The van der Waals surface area contributed by atoms with E-state index in [0.29, 0.717) is 24.3 Å². The zero-order valence-electron chi connectivity index (χ0n) is 36.7. The lowest BCUT2D eigenvalue weighted by Gasteiger charge is -2.27. The monoisotopic (exact) mass is 775 g/mol. The molecule has 0 fully saturated rings. The third-order valence-corrected chi connectivity index (χ3v) is 10.3. The van der Waals surface area contributed by atoms with Crippen LogP contribution in [0.15, 0.2) is 72.9 Å². The first-order valence-corrected chi connectivity index (χ1v) is 20.6. The standard InChI is InChI=1S/C25H38O3.C24H36O4/c1-8-10-11-13-20-16-23(27-6)25(24(17-20)28-7)22(12-9-2)21(19(5)26)15-14-18(3)4;1-7-9-10-12-18-15-21(27-5)23(22(16-18)28-6)19(11-8-2)20(24(25)26)14-13-17(3)4/h9,12,16-17,21-22H,3,8,10-11,13-15H2,1-2,4-7H3;8,11,15-16,19-20H,3,7,9-10,12-14H2,1-2,4-6H3,(H,25,26)/b12-9+;11-8+/t21-,22+;19-,20-/m01/s1. The Bertz CT molecular complexity index is 1420.